The molecule has 1 aromatic carbocycles. The highest BCUT2D eigenvalue weighted by Crippen LogP contribution is 2.31. The van der Waals surface area contributed by atoms with Crippen LogP contribution in [0.4, 0.5) is 18.9 Å². The van der Waals surface area contributed by atoms with Crippen LogP contribution in [0.5, 0.6) is 5.06 Å². The lowest BCUT2D eigenvalue weighted by Crippen LogP contribution is -2.42. The molecular weight excluding hydrogens is 443 g/mol. The average Bonchev–Trinajstić information content (AvgIpc) is 3.42. The molecule has 0 aliphatic carbocycles. The maximum absolute atomic E-state index is 12.7. The third kappa shape index (κ3) is 6.70. The van der Waals surface area contributed by atoms with E-state index in [0.717, 1.165) is 17.0 Å². The summed E-state index contributed by atoms with van der Waals surface area (Å²) in [6.45, 7) is 3.34. The van der Waals surface area contributed by atoms with E-state index in [0.29, 0.717) is 24.4 Å². The van der Waals surface area contributed by atoms with Crippen molar-refractivity contribution in [2.24, 2.45) is 5.92 Å². The summed E-state index contributed by atoms with van der Waals surface area (Å²) >= 11 is 1.08. The van der Waals surface area contributed by atoms with E-state index in [1.165, 1.54) is 6.07 Å². The molecular formula is C22H26F3N3O3S. The van der Waals surface area contributed by atoms with E-state index < -0.39 is 12.8 Å². The normalized spacial score (nSPS) is 18.7. The predicted molar refractivity (Wildman–Crippen MR) is 117 cm³/mol. The van der Waals surface area contributed by atoms with Crippen LogP contribution in [-0.4, -0.2) is 48.6 Å². The number of nitrogens with one attached hydrogen (secondary N) is 2. The molecule has 1 fully saturated rings. The van der Waals surface area contributed by atoms with Gasteiger partial charge in [0, 0.05) is 17.1 Å². The van der Waals surface area contributed by atoms with E-state index in [1.807, 2.05) is 42.2 Å². The monoisotopic (exact) mass is 469 g/mol. The Labute approximate surface area is 188 Å². The van der Waals surface area contributed by atoms with Gasteiger partial charge in [-0.2, -0.15) is 13.2 Å². The number of para-hydroxylation sites is 1. The Bertz CT molecular complexity index is 920. The van der Waals surface area contributed by atoms with Gasteiger partial charge in [0.15, 0.2) is 11.7 Å². The van der Waals surface area contributed by atoms with Crippen molar-refractivity contribution in [2.45, 2.75) is 38.5 Å². The number of alkyl halides is 3. The van der Waals surface area contributed by atoms with Gasteiger partial charge in [-0.3, -0.25) is 14.5 Å². The summed E-state index contributed by atoms with van der Waals surface area (Å²) in [5.74, 6) is -0.525. The number of thiophene rings is 1. The highest BCUT2D eigenvalue weighted by molar-refractivity contribution is 7.13. The Morgan fingerprint density at radius 2 is 1.91 bits per heavy atom. The molecule has 3 rings (SSSR count). The molecule has 2 N–H and O–H groups in total. The summed E-state index contributed by atoms with van der Waals surface area (Å²) in [7, 11) is 0. The number of hydrogen-bond donors (Lipinski definition) is 2. The summed E-state index contributed by atoms with van der Waals surface area (Å²) in [5, 5.41) is 5.95. The van der Waals surface area contributed by atoms with E-state index in [4.69, 9.17) is 4.74 Å². The zero-order valence-electron chi connectivity index (χ0n) is 17.8. The fourth-order valence-electron chi connectivity index (χ4n) is 3.49. The lowest BCUT2D eigenvalue weighted by molar-refractivity contribution is -0.152. The minimum absolute atomic E-state index is 0.129. The fourth-order valence-corrected chi connectivity index (χ4v) is 4.35. The van der Waals surface area contributed by atoms with Gasteiger partial charge in [0.05, 0.1) is 18.0 Å². The van der Waals surface area contributed by atoms with Crippen LogP contribution in [0, 0.1) is 5.92 Å². The molecule has 6 nitrogen and oxygen atoms in total. The largest absolute Gasteiger partial charge is 0.475 e. The lowest BCUT2D eigenvalue weighted by Gasteiger charge is -2.23. The summed E-state index contributed by atoms with van der Waals surface area (Å²) in [6, 6.07) is 11.6. The topological polar surface area (TPSA) is 70.7 Å². The van der Waals surface area contributed by atoms with E-state index in [2.05, 4.69) is 10.6 Å². The SMILES string of the molecule is CC(NC(=O)[C@@H]1CCN(C(C)C(=O)Nc2ccccc2)C1)c1ccc(OCC(F)(F)F)s1. The van der Waals surface area contributed by atoms with Gasteiger partial charge < -0.3 is 15.4 Å². The molecule has 2 aromatic rings. The Morgan fingerprint density at radius 1 is 1.19 bits per heavy atom. The number of anilines is 1. The van der Waals surface area contributed by atoms with Gasteiger partial charge in [0.2, 0.25) is 11.8 Å². The average molecular weight is 470 g/mol. The first-order chi connectivity index (χ1) is 15.1. The quantitative estimate of drug-likeness (QED) is 0.608. The number of rotatable bonds is 8. The number of ether oxygens (including phenoxy) is 1. The van der Waals surface area contributed by atoms with E-state index >= 15 is 0 Å². The van der Waals surface area contributed by atoms with Crippen LogP contribution in [0.15, 0.2) is 42.5 Å². The lowest BCUT2D eigenvalue weighted by atomic mass is 10.1. The van der Waals surface area contributed by atoms with E-state index in [9.17, 15) is 22.8 Å². The van der Waals surface area contributed by atoms with Crippen LogP contribution in [0.2, 0.25) is 0 Å². The van der Waals surface area contributed by atoms with Gasteiger partial charge in [0.25, 0.3) is 0 Å². The van der Waals surface area contributed by atoms with Crippen LogP contribution >= 0.6 is 11.3 Å². The molecule has 2 amide bonds. The summed E-state index contributed by atoms with van der Waals surface area (Å²) < 4.78 is 41.6. The van der Waals surface area contributed by atoms with Crippen molar-refractivity contribution in [1.82, 2.24) is 10.2 Å². The second-order valence-corrected chi connectivity index (χ2v) is 8.88. The maximum Gasteiger partial charge on any atom is 0.422 e. The molecule has 2 unspecified atom stereocenters. The minimum atomic E-state index is -4.40. The van der Waals surface area contributed by atoms with Gasteiger partial charge in [-0.15, -0.1) is 11.3 Å². The number of carbonyl (C=O) groups is 2. The Morgan fingerprint density at radius 3 is 2.59 bits per heavy atom. The van der Waals surface area contributed by atoms with Gasteiger partial charge in [-0.1, -0.05) is 18.2 Å². The van der Waals surface area contributed by atoms with E-state index in [-0.39, 0.29) is 34.9 Å². The van der Waals surface area contributed by atoms with Crippen molar-refractivity contribution >= 4 is 28.8 Å². The fraction of sp³-hybridized carbons (Fsp3) is 0.455. The number of nitrogens with zero attached hydrogens (tertiary/aromatic N) is 1. The summed E-state index contributed by atoms with van der Waals surface area (Å²) in [5.41, 5.74) is 0.723. The summed E-state index contributed by atoms with van der Waals surface area (Å²) in [4.78, 5) is 27.9. The molecule has 1 saturated heterocycles. The third-order valence-corrected chi connectivity index (χ3v) is 6.51. The number of benzene rings is 1. The van der Waals surface area contributed by atoms with Crippen molar-refractivity contribution < 1.29 is 27.5 Å². The molecule has 1 aliphatic rings. The minimum Gasteiger partial charge on any atom is -0.475 e. The van der Waals surface area contributed by atoms with Gasteiger partial charge >= 0.3 is 6.18 Å². The number of likely N-dealkylation sites (tertiary alicyclic amines) is 1. The molecule has 0 radical (unpaired) electrons. The number of hydrogen-bond acceptors (Lipinski definition) is 5. The molecule has 1 aliphatic heterocycles. The molecule has 0 saturated carbocycles. The van der Waals surface area contributed by atoms with Crippen molar-refractivity contribution in [3.05, 3.63) is 47.3 Å². The molecule has 0 spiro atoms. The second-order valence-electron chi connectivity index (χ2n) is 7.80. The molecule has 3 atom stereocenters. The zero-order chi connectivity index (χ0) is 23.3. The van der Waals surface area contributed by atoms with Gasteiger partial charge in [-0.25, -0.2) is 0 Å². The molecule has 174 valence electrons. The van der Waals surface area contributed by atoms with E-state index in [1.54, 1.807) is 13.0 Å². The zero-order valence-corrected chi connectivity index (χ0v) is 18.6. The van der Waals surface area contributed by atoms with Gasteiger partial charge in [0.1, 0.15) is 0 Å². The van der Waals surface area contributed by atoms with Crippen LogP contribution in [-0.2, 0) is 9.59 Å². The van der Waals surface area contributed by atoms with Crippen molar-refractivity contribution in [3.8, 4) is 5.06 Å². The van der Waals surface area contributed by atoms with Crippen molar-refractivity contribution in [3.63, 3.8) is 0 Å². The standard InChI is InChI=1S/C22H26F3N3O3S/c1-14(18-8-9-19(32-18)31-13-22(23,24)25)26-21(30)16-10-11-28(12-16)15(2)20(29)27-17-6-4-3-5-7-17/h3-9,14-16H,10-13H2,1-2H3,(H,26,30)(H,27,29)/t14?,15?,16-/m1/s1. The van der Waals surface area contributed by atoms with Crippen molar-refractivity contribution in [1.29, 1.82) is 0 Å². The summed E-state index contributed by atoms with van der Waals surface area (Å²) in [6.07, 6.45) is -3.76. The first-order valence-corrected chi connectivity index (χ1v) is 11.1. The Balaban J connectivity index is 1.48. The molecule has 32 heavy (non-hydrogen) atoms. The molecule has 1 aromatic heterocycles. The second kappa shape index (κ2) is 10.4. The van der Waals surface area contributed by atoms with Gasteiger partial charge in [-0.05, 0) is 51.1 Å². The first kappa shape index (κ1) is 24.1. The van der Waals surface area contributed by atoms with Crippen LogP contribution in [0.1, 0.15) is 31.2 Å². The number of halogens is 3. The number of amides is 2. The molecule has 2 heterocycles. The van der Waals surface area contributed by atoms with Crippen LogP contribution < -0.4 is 15.4 Å². The Hall–Kier alpha value is -2.59. The Kier molecular flexibility index (Phi) is 7.78. The highest BCUT2D eigenvalue weighted by atomic mass is 32.1. The third-order valence-electron chi connectivity index (χ3n) is 5.32. The van der Waals surface area contributed by atoms with Crippen LogP contribution in [0.25, 0.3) is 0 Å². The van der Waals surface area contributed by atoms with Crippen molar-refractivity contribution in [2.75, 3.05) is 25.0 Å². The highest BCUT2D eigenvalue weighted by Gasteiger charge is 2.34. The molecule has 10 heteroatoms. The number of carbonyl (C=O) groups excluding carboxylic acids is 2. The maximum atomic E-state index is 12.7. The molecule has 0 bridgehead atoms. The predicted octanol–water partition coefficient (Wildman–Crippen LogP) is 4.22. The first-order valence-electron chi connectivity index (χ1n) is 10.3. The van der Waals surface area contributed by atoms with Crippen LogP contribution in [0.3, 0.4) is 0 Å². The smallest absolute Gasteiger partial charge is 0.422 e.